The number of halogens is 2. The topological polar surface area (TPSA) is 97.8 Å². The van der Waals surface area contributed by atoms with Gasteiger partial charge in [-0.15, -0.1) is 0 Å². The minimum atomic E-state index is -0.406. The molecule has 3 aromatic rings. The first-order valence-electron chi connectivity index (χ1n) is 7.58. The zero-order valence-corrected chi connectivity index (χ0v) is 15.7. The molecule has 9 heteroatoms. The number of hydrogen-bond acceptors (Lipinski definition) is 7. The van der Waals surface area contributed by atoms with Crippen LogP contribution in [0.15, 0.2) is 34.9 Å². The Morgan fingerprint density at radius 2 is 1.93 bits per heavy atom. The minimum Gasteiger partial charge on any atom is -0.504 e. The highest BCUT2D eigenvalue weighted by Gasteiger charge is 2.16. The van der Waals surface area contributed by atoms with E-state index in [4.69, 9.17) is 37.2 Å². The van der Waals surface area contributed by atoms with E-state index in [1.54, 1.807) is 25.3 Å². The maximum Gasteiger partial charge on any atom is 0.269 e. The van der Waals surface area contributed by atoms with Gasteiger partial charge < -0.3 is 24.2 Å². The van der Waals surface area contributed by atoms with Crippen molar-refractivity contribution >= 4 is 34.3 Å². The first-order valence-corrected chi connectivity index (χ1v) is 8.33. The molecule has 0 aliphatic carbocycles. The molecule has 0 amide bonds. The lowest BCUT2D eigenvalue weighted by atomic mass is 10.1. The fourth-order valence-electron chi connectivity index (χ4n) is 2.31. The van der Waals surface area contributed by atoms with E-state index in [1.165, 1.54) is 25.3 Å². The molecule has 0 saturated heterocycles. The van der Waals surface area contributed by atoms with Gasteiger partial charge in [0.2, 0.25) is 5.82 Å². The lowest BCUT2D eigenvalue weighted by Gasteiger charge is -2.07. The van der Waals surface area contributed by atoms with E-state index in [0.29, 0.717) is 22.6 Å². The third-order valence-electron chi connectivity index (χ3n) is 3.64. The molecule has 27 heavy (non-hydrogen) atoms. The van der Waals surface area contributed by atoms with Gasteiger partial charge in [-0.2, -0.15) is 4.98 Å². The second kappa shape index (κ2) is 7.77. The molecule has 3 rings (SSSR count). The molecule has 7 nitrogen and oxygen atoms in total. The summed E-state index contributed by atoms with van der Waals surface area (Å²) in [6.07, 6.45) is 1.47. The van der Waals surface area contributed by atoms with Gasteiger partial charge in [0.1, 0.15) is 16.5 Å². The normalized spacial score (nSPS) is 11.5. The Morgan fingerprint density at radius 1 is 1.15 bits per heavy atom. The highest BCUT2D eigenvalue weighted by atomic mass is 35.5. The molecular weight excluding hydrogens is 395 g/mol. The zero-order valence-electron chi connectivity index (χ0n) is 14.2. The molecule has 2 N–H and O–H groups in total. The van der Waals surface area contributed by atoms with Crippen molar-refractivity contribution in [2.24, 2.45) is 0 Å². The number of aromatic hydroxyl groups is 2. The van der Waals surface area contributed by atoms with Crippen LogP contribution in [0.25, 0.3) is 22.5 Å². The van der Waals surface area contributed by atoms with Crippen LogP contribution in [0.4, 0.5) is 0 Å². The molecule has 0 radical (unpaired) electrons. The molecule has 1 heterocycles. The summed E-state index contributed by atoms with van der Waals surface area (Å²) in [5.41, 5.74) is 1.05. The SMILES string of the molecule is COc1ccc(-c2noc(/C(Cl)=C/c3cc(O)c(O)c(Cl)c3)n2)c(OC)c1. The summed E-state index contributed by atoms with van der Waals surface area (Å²) in [6, 6.07) is 7.91. The van der Waals surface area contributed by atoms with Gasteiger partial charge in [0.15, 0.2) is 11.5 Å². The summed E-state index contributed by atoms with van der Waals surface area (Å²) in [7, 11) is 3.08. The van der Waals surface area contributed by atoms with Crippen molar-refractivity contribution in [1.82, 2.24) is 10.1 Å². The fraction of sp³-hybridized carbons (Fsp3) is 0.111. The Bertz CT molecular complexity index is 994. The van der Waals surface area contributed by atoms with Crippen LogP contribution in [0, 0.1) is 0 Å². The number of benzene rings is 2. The highest BCUT2D eigenvalue weighted by Crippen LogP contribution is 2.36. The number of aromatic nitrogens is 2. The van der Waals surface area contributed by atoms with Gasteiger partial charge >= 0.3 is 0 Å². The van der Waals surface area contributed by atoms with Crippen molar-refractivity contribution in [3.05, 3.63) is 46.8 Å². The zero-order chi connectivity index (χ0) is 19.6. The maximum atomic E-state index is 9.64. The van der Waals surface area contributed by atoms with Gasteiger partial charge in [0, 0.05) is 6.07 Å². The van der Waals surface area contributed by atoms with Crippen molar-refractivity contribution in [3.63, 3.8) is 0 Å². The largest absolute Gasteiger partial charge is 0.504 e. The third-order valence-corrected chi connectivity index (χ3v) is 4.20. The average molecular weight is 409 g/mol. The van der Waals surface area contributed by atoms with E-state index >= 15 is 0 Å². The first kappa shape index (κ1) is 18.9. The van der Waals surface area contributed by atoms with Gasteiger partial charge in [-0.3, -0.25) is 0 Å². The number of phenolic OH excluding ortho intramolecular Hbond substituents is 2. The van der Waals surface area contributed by atoms with Gasteiger partial charge in [0.25, 0.3) is 5.89 Å². The highest BCUT2D eigenvalue weighted by molar-refractivity contribution is 6.50. The maximum absolute atomic E-state index is 9.64. The molecule has 140 valence electrons. The monoisotopic (exact) mass is 408 g/mol. The Labute approximate surface area is 164 Å². The van der Waals surface area contributed by atoms with Crippen molar-refractivity contribution in [3.8, 4) is 34.4 Å². The van der Waals surface area contributed by atoms with E-state index in [1.807, 2.05) is 0 Å². The average Bonchev–Trinajstić information content (AvgIpc) is 3.15. The second-order valence-corrected chi connectivity index (χ2v) is 6.17. The summed E-state index contributed by atoms with van der Waals surface area (Å²) in [5.74, 6) is 0.707. The van der Waals surface area contributed by atoms with Crippen LogP contribution in [0.5, 0.6) is 23.0 Å². The van der Waals surface area contributed by atoms with E-state index in [2.05, 4.69) is 10.1 Å². The number of ether oxygens (including phenoxy) is 2. The third kappa shape index (κ3) is 3.94. The molecule has 1 aromatic heterocycles. The van der Waals surface area contributed by atoms with Crippen LogP contribution in [0.2, 0.25) is 5.02 Å². The van der Waals surface area contributed by atoms with E-state index in [-0.39, 0.29) is 27.5 Å². The summed E-state index contributed by atoms with van der Waals surface area (Å²) >= 11 is 12.1. The smallest absolute Gasteiger partial charge is 0.269 e. The van der Waals surface area contributed by atoms with Crippen LogP contribution < -0.4 is 9.47 Å². The van der Waals surface area contributed by atoms with Crippen molar-refractivity contribution in [2.75, 3.05) is 14.2 Å². The Morgan fingerprint density at radius 3 is 2.59 bits per heavy atom. The molecule has 0 aliphatic rings. The van der Waals surface area contributed by atoms with Gasteiger partial charge in [-0.1, -0.05) is 28.4 Å². The molecule has 0 saturated carbocycles. The van der Waals surface area contributed by atoms with E-state index in [9.17, 15) is 10.2 Å². The van der Waals surface area contributed by atoms with Crippen LogP contribution in [0.1, 0.15) is 11.5 Å². The van der Waals surface area contributed by atoms with Crippen LogP contribution in [-0.2, 0) is 0 Å². The predicted octanol–water partition coefficient (Wildman–Crippen LogP) is 4.56. The lowest BCUT2D eigenvalue weighted by Crippen LogP contribution is -1.91. The number of nitrogens with zero attached hydrogens (tertiary/aromatic N) is 2. The summed E-state index contributed by atoms with van der Waals surface area (Å²) in [4.78, 5) is 4.26. The van der Waals surface area contributed by atoms with Crippen molar-refractivity contribution < 1.29 is 24.2 Å². The van der Waals surface area contributed by atoms with Crippen molar-refractivity contribution in [2.45, 2.75) is 0 Å². The molecule has 0 aliphatic heterocycles. The molecule has 0 atom stereocenters. The molecule has 2 aromatic carbocycles. The Kier molecular flexibility index (Phi) is 5.43. The standard InChI is InChI=1S/C18H14Cl2N2O5/c1-25-10-3-4-11(15(8-10)26-2)17-21-18(27-22-17)13(20)6-9-5-12(19)16(24)14(23)7-9/h3-8,23-24H,1-2H3/b13-6-. The second-order valence-electron chi connectivity index (χ2n) is 5.35. The van der Waals surface area contributed by atoms with Crippen LogP contribution in [0.3, 0.4) is 0 Å². The van der Waals surface area contributed by atoms with Gasteiger partial charge in [-0.25, -0.2) is 0 Å². The minimum absolute atomic E-state index is 0.0140. The van der Waals surface area contributed by atoms with Crippen LogP contribution >= 0.6 is 23.2 Å². The lowest BCUT2D eigenvalue weighted by molar-refractivity contribution is 0.393. The number of phenols is 2. The van der Waals surface area contributed by atoms with Gasteiger partial charge in [0.05, 0.1) is 24.8 Å². The summed E-state index contributed by atoms with van der Waals surface area (Å²) in [5, 5.41) is 23.2. The predicted molar refractivity (Wildman–Crippen MR) is 101 cm³/mol. The van der Waals surface area contributed by atoms with Crippen LogP contribution in [-0.4, -0.2) is 34.6 Å². The number of rotatable bonds is 5. The van der Waals surface area contributed by atoms with E-state index in [0.717, 1.165) is 0 Å². The first-order chi connectivity index (χ1) is 12.9. The summed E-state index contributed by atoms with van der Waals surface area (Å²) in [6.45, 7) is 0. The Balaban J connectivity index is 1.94. The number of methoxy groups -OCH3 is 2. The Hall–Kier alpha value is -2.90. The van der Waals surface area contributed by atoms with Crippen molar-refractivity contribution in [1.29, 1.82) is 0 Å². The fourth-order valence-corrected chi connectivity index (χ4v) is 2.74. The molecule has 0 unspecified atom stereocenters. The molecular formula is C18H14Cl2N2O5. The number of hydrogen-bond donors (Lipinski definition) is 2. The molecule has 0 spiro atoms. The van der Waals surface area contributed by atoms with Gasteiger partial charge in [-0.05, 0) is 35.9 Å². The molecule has 0 bridgehead atoms. The molecule has 0 fully saturated rings. The van der Waals surface area contributed by atoms with E-state index < -0.39 is 5.75 Å². The quantitative estimate of drug-likeness (QED) is 0.597. The summed E-state index contributed by atoms with van der Waals surface area (Å²) < 4.78 is 15.7.